The molecule has 1 unspecified atom stereocenters. The van der Waals surface area contributed by atoms with Gasteiger partial charge < -0.3 is 14.4 Å². The predicted octanol–water partition coefficient (Wildman–Crippen LogP) is 7.51. The molecular weight excluding hydrogens is 477 g/mol. The number of ether oxygens (including phenoxy) is 2. The molecule has 1 fully saturated rings. The van der Waals surface area contributed by atoms with E-state index in [1.165, 1.54) is 17.5 Å². The van der Waals surface area contributed by atoms with Gasteiger partial charge in [-0.1, -0.05) is 72.3 Å². The molecule has 5 rings (SSSR count). The number of hydrogen-bond acceptors (Lipinski definition) is 3. The van der Waals surface area contributed by atoms with Gasteiger partial charge in [-0.3, -0.25) is 0 Å². The third-order valence-electron chi connectivity index (χ3n) is 7.66. The van der Waals surface area contributed by atoms with Crippen LogP contribution in [0.5, 0.6) is 5.75 Å². The summed E-state index contributed by atoms with van der Waals surface area (Å²) < 4.78 is 12.9. The topological polar surface area (TPSA) is 21.7 Å². The smallest absolute Gasteiger partial charge is 0.125 e. The van der Waals surface area contributed by atoms with Crippen molar-refractivity contribution in [3.05, 3.63) is 101 Å². The van der Waals surface area contributed by atoms with Crippen LogP contribution in [0.4, 0.5) is 0 Å². The van der Waals surface area contributed by atoms with Crippen LogP contribution in [0.1, 0.15) is 55.2 Å². The average Bonchev–Trinajstić information content (AvgIpc) is 3.00. The summed E-state index contributed by atoms with van der Waals surface area (Å²) in [5.74, 6) is 1.35. The zero-order valence-electron chi connectivity index (χ0n) is 20.4. The molecule has 2 aliphatic heterocycles. The second-order valence-electron chi connectivity index (χ2n) is 9.72. The standard InChI is InChI=1S/C30H34ClNO2.ClH/c1-23-30(33-22-26-21-27(31)14-15-29(26)34-23)16-19-32(20-17-30)18-8-13-28(24-9-4-2-5-10-24)25-11-6-3-7-12-25;/h2-7,9-12,14-15,21,23,28H,8,13,16-20,22H2,1H3;1H. The highest BCUT2D eigenvalue weighted by atomic mass is 35.5. The Labute approximate surface area is 220 Å². The Hall–Kier alpha value is -2.04. The minimum atomic E-state index is -0.224. The van der Waals surface area contributed by atoms with E-state index in [2.05, 4.69) is 72.5 Å². The summed E-state index contributed by atoms with van der Waals surface area (Å²) in [6.45, 7) is 5.94. The van der Waals surface area contributed by atoms with Crippen LogP contribution in [0.3, 0.4) is 0 Å². The molecule has 0 aromatic heterocycles. The van der Waals surface area contributed by atoms with Crippen LogP contribution in [0.25, 0.3) is 0 Å². The molecular formula is C30H35Cl2NO2. The first kappa shape index (κ1) is 26.0. The van der Waals surface area contributed by atoms with Crippen molar-refractivity contribution in [3.63, 3.8) is 0 Å². The normalized spacial score (nSPS) is 19.5. The van der Waals surface area contributed by atoms with Crippen molar-refractivity contribution in [3.8, 4) is 5.75 Å². The van der Waals surface area contributed by atoms with Crippen LogP contribution in [0.15, 0.2) is 78.9 Å². The molecule has 2 aliphatic rings. The Morgan fingerprint density at radius 1 is 0.943 bits per heavy atom. The van der Waals surface area contributed by atoms with Gasteiger partial charge in [0.1, 0.15) is 17.5 Å². The Morgan fingerprint density at radius 2 is 1.57 bits per heavy atom. The van der Waals surface area contributed by atoms with E-state index in [4.69, 9.17) is 21.1 Å². The van der Waals surface area contributed by atoms with E-state index in [0.29, 0.717) is 12.5 Å². The summed E-state index contributed by atoms with van der Waals surface area (Å²) >= 11 is 6.19. The highest BCUT2D eigenvalue weighted by molar-refractivity contribution is 6.30. The zero-order chi connectivity index (χ0) is 23.4. The van der Waals surface area contributed by atoms with Gasteiger partial charge >= 0.3 is 0 Å². The first-order valence-electron chi connectivity index (χ1n) is 12.5. The summed E-state index contributed by atoms with van der Waals surface area (Å²) in [6.07, 6.45) is 4.35. The maximum Gasteiger partial charge on any atom is 0.125 e. The van der Waals surface area contributed by atoms with E-state index in [9.17, 15) is 0 Å². The third-order valence-corrected chi connectivity index (χ3v) is 7.89. The highest BCUT2D eigenvalue weighted by Gasteiger charge is 2.43. The Balaban J connectivity index is 0.00000289. The monoisotopic (exact) mass is 511 g/mol. The van der Waals surface area contributed by atoms with Gasteiger partial charge in [0, 0.05) is 29.6 Å². The van der Waals surface area contributed by atoms with Crippen LogP contribution in [0, 0.1) is 0 Å². The number of halogens is 2. The maximum absolute atomic E-state index is 6.52. The minimum Gasteiger partial charge on any atom is -0.487 e. The molecule has 3 nitrogen and oxygen atoms in total. The predicted molar refractivity (Wildman–Crippen MR) is 146 cm³/mol. The van der Waals surface area contributed by atoms with Gasteiger partial charge in [-0.15, -0.1) is 12.4 Å². The summed E-state index contributed by atoms with van der Waals surface area (Å²) in [5.41, 5.74) is 3.64. The molecule has 5 heteroatoms. The summed E-state index contributed by atoms with van der Waals surface area (Å²) in [6, 6.07) is 27.7. The summed E-state index contributed by atoms with van der Waals surface area (Å²) in [5, 5.41) is 0.730. The first-order valence-corrected chi connectivity index (χ1v) is 12.9. The van der Waals surface area contributed by atoms with E-state index in [1.807, 2.05) is 18.2 Å². The summed E-state index contributed by atoms with van der Waals surface area (Å²) in [7, 11) is 0. The quantitative estimate of drug-likeness (QED) is 0.341. The molecule has 186 valence electrons. The summed E-state index contributed by atoms with van der Waals surface area (Å²) in [4.78, 5) is 2.60. The fourth-order valence-corrected chi connectivity index (χ4v) is 5.73. The van der Waals surface area contributed by atoms with Gasteiger partial charge in [-0.25, -0.2) is 0 Å². The van der Waals surface area contributed by atoms with E-state index < -0.39 is 0 Å². The van der Waals surface area contributed by atoms with Gasteiger partial charge in [0.05, 0.1) is 6.61 Å². The fraction of sp³-hybridized carbons (Fsp3) is 0.400. The molecule has 0 amide bonds. The van der Waals surface area contributed by atoms with Crippen molar-refractivity contribution < 1.29 is 9.47 Å². The molecule has 2 heterocycles. The van der Waals surface area contributed by atoms with Crippen LogP contribution in [-0.2, 0) is 11.3 Å². The lowest BCUT2D eigenvalue weighted by Gasteiger charge is -2.43. The SMILES string of the molecule is CC1Oc2ccc(Cl)cc2COC12CCN(CCCC(c1ccccc1)c1ccccc1)CC2.Cl. The molecule has 0 bridgehead atoms. The second kappa shape index (κ2) is 11.8. The van der Waals surface area contributed by atoms with Crippen molar-refractivity contribution in [2.45, 2.75) is 56.8 Å². The van der Waals surface area contributed by atoms with Crippen LogP contribution in [-0.4, -0.2) is 36.2 Å². The van der Waals surface area contributed by atoms with Crippen molar-refractivity contribution >= 4 is 24.0 Å². The van der Waals surface area contributed by atoms with Crippen molar-refractivity contribution in [1.82, 2.24) is 4.90 Å². The van der Waals surface area contributed by atoms with Crippen LogP contribution < -0.4 is 4.74 Å². The van der Waals surface area contributed by atoms with Gasteiger partial charge in [0.25, 0.3) is 0 Å². The van der Waals surface area contributed by atoms with Gasteiger partial charge in [-0.2, -0.15) is 0 Å². The van der Waals surface area contributed by atoms with Crippen molar-refractivity contribution in [2.75, 3.05) is 19.6 Å². The number of piperidine rings is 1. The molecule has 0 saturated carbocycles. The molecule has 1 spiro atoms. The lowest BCUT2D eigenvalue weighted by atomic mass is 9.85. The molecule has 0 aliphatic carbocycles. The van der Waals surface area contributed by atoms with E-state index in [-0.39, 0.29) is 24.1 Å². The van der Waals surface area contributed by atoms with Crippen molar-refractivity contribution in [2.24, 2.45) is 0 Å². The van der Waals surface area contributed by atoms with E-state index >= 15 is 0 Å². The number of nitrogens with zero attached hydrogens (tertiary/aromatic N) is 1. The highest BCUT2D eigenvalue weighted by Crippen LogP contribution is 2.39. The van der Waals surface area contributed by atoms with Crippen LogP contribution in [0.2, 0.25) is 5.02 Å². The Bertz CT molecular complexity index is 1030. The number of hydrogen-bond donors (Lipinski definition) is 0. The van der Waals surface area contributed by atoms with Crippen molar-refractivity contribution in [1.29, 1.82) is 0 Å². The van der Waals surface area contributed by atoms with Gasteiger partial charge in [0.15, 0.2) is 0 Å². The Morgan fingerprint density at radius 3 is 2.20 bits per heavy atom. The largest absolute Gasteiger partial charge is 0.487 e. The fourth-order valence-electron chi connectivity index (χ4n) is 5.53. The van der Waals surface area contributed by atoms with Gasteiger partial charge in [-0.05, 0) is 68.5 Å². The Kier molecular flexibility index (Phi) is 8.77. The van der Waals surface area contributed by atoms with E-state index in [1.54, 1.807) is 0 Å². The first-order chi connectivity index (χ1) is 16.6. The zero-order valence-corrected chi connectivity index (χ0v) is 21.9. The lowest BCUT2D eigenvalue weighted by molar-refractivity contribution is -0.136. The molecule has 3 aromatic rings. The molecule has 3 aromatic carbocycles. The average molecular weight is 513 g/mol. The molecule has 0 N–H and O–H groups in total. The van der Waals surface area contributed by atoms with E-state index in [0.717, 1.165) is 55.2 Å². The second-order valence-corrected chi connectivity index (χ2v) is 10.2. The number of benzene rings is 3. The number of fused-ring (bicyclic) bond motifs is 1. The van der Waals surface area contributed by atoms with Gasteiger partial charge in [0.2, 0.25) is 0 Å². The third kappa shape index (κ3) is 6.03. The van der Waals surface area contributed by atoms with Crippen LogP contribution >= 0.6 is 24.0 Å². The molecule has 35 heavy (non-hydrogen) atoms. The molecule has 1 atom stereocenters. The number of rotatable bonds is 6. The molecule has 1 saturated heterocycles. The number of likely N-dealkylation sites (tertiary alicyclic amines) is 1. The molecule has 0 radical (unpaired) electrons. The maximum atomic E-state index is 6.52. The lowest BCUT2D eigenvalue weighted by Crippen LogP contribution is -2.53. The minimum absolute atomic E-state index is 0.